The molecular weight excluding hydrogens is 410 g/mol. The van der Waals surface area contributed by atoms with E-state index in [0.717, 1.165) is 30.2 Å². The third kappa shape index (κ3) is 3.48. The number of hydrogen-bond acceptors (Lipinski definition) is 5. The lowest BCUT2D eigenvalue weighted by molar-refractivity contribution is -0.124. The van der Waals surface area contributed by atoms with E-state index in [1.807, 2.05) is 0 Å². The van der Waals surface area contributed by atoms with Crippen LogP contribution in [0.3, 0.4) is 0 Å². The monoisotopic (exact) mass is 427 g/mol. The minimum Gasteiger partial charge on any atom is -0.504 e. The van der Waals surface area contributed by atoms with Crippen molar-refractivity contribution in [2.24, 2.45) is 0 Å². The summed E-state index contributed by atoms with van der Waals surface area (Å²) in [5, 5.41) is 10.3. The summed E-state index contributed by atoms with van der Waals surface area (Å²) in [5.74, 6) is 0.317. The van der Waals surface area contributed by atoms with Crippen molar-refractivity contribution >= 4 is 56.2 Å². The fourth-order valence-electron chi connectivity index (χ4n) is 3.14. The molecule has 2 fully saturated rings. The number of halogens is 1. The third-order valence-electron chi connectivity index (χ3n) is 4.34. The van der Waals surface area contributed by atoms with Crippen molar-refractivity contribution < 1.29 is 14.6 Å². The van der Waals surface area contributed by atoms with Gasteiger partial charge in [-0.15, -0.1) is 0 Å². The third-order valence-corrected chi connectivity index (χ3v) is 6.13. The molecule has 2 aliphatic rings. The number of carbonyl (C=O) groups excluding carboxylic acids is 1. The van der Waals surface area contributed by atoms with Crippen LogP contribution in [-0.4, -0.2) is 33.4 Å². The Labute approximate surface area is 159 Å². The molecular formula is C17H18BrNO3S2. The Morgan fingerprint density at radius 3 is 2.75 bits per heavy atom. The fraction of sp³-hybridized carbons (Fsp3) is 0.412. The number of amides is 1. The van der Waals surface area contributed by atoms with Crippen LogP contribution in [-0.2, 0) is 4.79 Å². The highest BCUT2D eigenvalue weighted by molar-refractivity contribution is 9.10. The standard InChI is InChI=1S/C17H18BrNO3S2/c1-22-13-9-11(18)7-10(15(13)20)8-14-16(21)19(17(23)24-14)12-5-3-2-4-6-12/h7-9,12,20H,2-6H2,1H3. The van der Waals surface area contributed by atoms with Crippen LogP contribution in [0.15, 0.2) is 21.5 Å². The summed E-state index contributed by atoms with van der Waals surface area (Å²) in [7, 11) is 1.49. The van der Waals surface area contributed by atoms with Crippen LogP contribution in [0, 0.1) is 0 Å². The number of phenols is 1. The van der Waals surface area contributed by atoms with Crippen molar-refractivity contribution in [1.29, 1.82) is 0 Å². The lowest BCUT2D eigenvalue weighted by Gasteiger charge is -2.29. The molecule has 1 N–H and O–H groups in total. The molecule has 3 rings (SSSR count). The molecule has 128 valence electrons. The number of hydrogen-bond donors (Lipinski definition) is 1. The summed E-state index contributed by atoms with van der Waals surface area (Å²) in [6.07, 6.45) is 7.22. The first-order valence-corrected chi connectivity index (χ1v) is 9.86. The van der Waals surface area contributed by atoms with E-state index in [4.69, 9.17) is 17.0 Å². The van der Waals surface area contributed by atoms with Crippen molar-refractivity contribution in [3.05, 3.63) is 27.1 Å². The summed E-state index contributed by atoms with van der Waals surface area (Å²) < 4.78 is 6.54. The van der Waals surface area contributed by atoms with Crippen LogP contribution in [0.5, 0.6) is 11.5 Å². The number of phenolic OH excluding ortho intramolecular Hbond substituents is 1. The molecule has 1 saturated carbocycles. The maximum Gasteiger partial charge on any atom is 0.266 e. The molecule has 1 aliphatic heterocycles. The lowest BCUT2D eigenvalue weighted by Crippen LogP contribution is -2.39. The van der Waals surface area contributed by atoms with Crippen LogP contribution in [0.1, 0.15) is 37.7 Å². The van der Waals surface area contributed by atoms with E-state index in [1.54, 1.807) is 23.1 Å². The molecule has 1 aliphatic carbocycles. The second-order valence-electron chi connectivity index (χ2n) is 5.89. The number of carbonyl (C=O) groups is 1. The average molecular weight is 428 g/mol. The molecule has 4 nitrogen and oxygen atoms in total. The van der Waals surface area contributed by atoms with Gasteiger partial charge in [-0.25, -0.2) is 0 Å². The largest absolute Gasteiger partial charge is 0.504 e. The minimum atomic E-state index is -0.0600. The number of methoxy groups -OCH3 is 1. The van der Waals surface area contributed by atoms with Crippen LogP contribution in [0.2, 0.25) is 0 Å². The Morgan fingerprint density at radius 2 is 2.08 bits per heavy atom. The maximum absolute atomic E-state index is 12.8. The molecule has 24 heavy (non-hydrogen) atoms. The predicted molar refractivity (Wildman–Crippen MR) is 104 cm³/mol. The number of thioether (sulfide) groups is 1. The van der Waals surface area contributed by atoms with Gasteiger partial charge in [0.25, 0.3) is 5.91 Å². The highest BCUT2D eigenvalue weighted by Gasteiger charge is 2.37. The Kier molecular flexibility index (Phi) is 5.52. The molecule has 1 aromatic carbocycles. The summed E-state index contributed by atoms with van der Waals surface area (Å²) in [4.78, 5) is 15.1. The first kappa shape index (κ1) is 17.8. The molecule has 0 aromatic heterocycles. The number of ether oxygens (including phenoxy) is 1. The van der Waals surface area contributed by atoms with Crippen LogP contribution < -0.4 is 4.74 Å². The van der Waals surface area contributed by atoms with Gasteiger partial charge >= 0.3 is 0 Å². The zero-order chi connectivity index (χ0) is 17.3. The van der Waals surface area contributed by atoms with Crippen molar-refractivity contribution in [2.45, 2.75) is 38.1 Å². The van der Waals surface area contributed by atoms with Crippen LogP contribution >= 0.6 is 39.9 Å². The van der Waals surface area contributed by atoms with Gasteiger partial charge in [-0.05, 0) is 31.1 Å². The number of rotatable bonds is 3. The molecule has 0 atom stereocenters. The Balaban J connectivity index is 1.90. The highest BCUT2D eigenvalue weighted by atomic mass is 79.9. The molecule has 1 amide bonds. The van der Waals surface area contributed by atoms with Crippen LogP contribution in [0.4, 0.5) is 0 Å². The van der Waals surface area contributed by atoms with E-state index < -0.39 is 0 Å². The predicted octanol–water partition coefficient (Wildman–Crippen LogP) is 4.70. The van der Waals surface area contributed by atoms with Gasteiger partial charge in [0, 0.05) is 16.1 Å². The zero-order valence-electron chi connectivity index (χ0n) is 13.3. The molecule has 0 unspecified atom stereocenters. The first-order chi connectivity index (χ1) is 11.5. The van der Waals surface area contributed by atoms with Crippen molar-refractivity contribution in [3.63, 3.8) is 0 Å². The van der Waals surface area contributed by atoms with Gasteiger partial charge in [0.15, 0.2) is 11.5 Å². The van der Waals surface area contributed by atoms with E-state index in [1.165, 1.54) is 25.3 Å². The number of thiocarbonyl (C=S) groups is 1. The van der Waals surface area contributed by atoms with Crippen LogP contribution in [0.25, 0.3) is 6.08 Å². The highest BCUT2D eigenvalue weighted by Crippen LogP contribution is 2.40. The first-order valence-electron chi connectivity index (χ1n) is 7.85. The smallest absolute Gasteiger partial charge is 0.266 e. The minimum absolute atomic E-state index is 0.0173. The van der Waals surface area contributed by atoms with E-state index >= 15 is 0 Å². The molecule has 1 aromatic rings. The molecule has 7 heteroatoms. The second kappa shape index (κ2) is 7.45. The van der Waals surface area contributed by atoms with Gasteiger partial charge in [-0.3, -0.25) is 9.69 Å². The van der Waals surface area contributed by atoms with E-state index in [0.29, 0.717) is 20.5 Å². The van der Waals surface area contributed by atoms with Gasteiger partial charge in [-0.1, -0.05) is 59.2 Å². The van der Waals surface area contributed by atoms with E-state index in [9.17, 15) is 9.90 Å². The summed E-state index contributed by atoms with van der Waals surface area (Å²) in [6, 6.07) is 3.65. The molecule has 0 bridgehead atoms. The summed E-state index contributed by atoms with van der Waals surface area (Å²) in [5.41, 5.74) is 0.533. The van der Waals surface area contributed by atoms with E-state index in [2.05, 4.69) is 15.9 Å². The van der Waals surface area contributed by atoms with Crippen molar-refractivity contribution in [3.8, 4) is 11.5 Å². The van der Waals surface area contributed by atoms with Gasteiger partial charge in [-0.2, -0.15) is 0 Å². The molecule has 1 saturated heterocycles. The van der Waals surface area contributed by atoms with Crippen molar-refractivity contribution in [1.82, 2.24) is 4.90 Å². The molecule has 0 spiro atoms. The SMILES string of the molecule is COc1cc(Br)cc(C=C2SC(=S)N(C3CCCCC3)C2=O)c1O. The topological polar surface area (TPSA) is 49.8 Å². The quantitative estimate of drug-likeness (QED) is 0.559. The zero-order valence-corrected chi connectivity index (χ0v) is 16.5. The summed E-state index contributed by atoms with van der Waals surface area (Å²) in [6.45, 7) is 0. The number of benzene rings is 1. The lowest BCUT2D eigenvalue weighted by atomic mass is 9.94. The van der Waals surface area contributed by atoms with E-state index in [-0.39, 0.29) is 17.7 Å². The van der Waals surface area contributed by atoms with Gasteiger partial charge in [0.2, 0.25) is 0 Å². The van der Waals surface area contributed by atoms with Gasteiger partial charge in [0.05, 0.1) is 12.0 Å². The Hall–Kier alpha value is -1.05. The molecule has 1 heterocycles. The number of nitrogens with zero attached hydrogens (tertiary/aromatic N) is 1. The second-order valence-corrected chi connectivity index (χ2v) is 8.48. The van der Waals surface area contributed by atoms with Gasteiger partial charge in [0.1, 0.15) is 4.32 Å². The fourth-order valence-corrected chi connectivity index (χ4v) is 4.98. The normalized spacial score (nSPS) is 20.9. The maximum atomic E-state index is 12.8. The molecule has 0 radical (unpaired) electrons. The Morgan fingerprint density at radius 1 is 1.38 bits per heavy atom. The Bertz CT molecular complexity index is 714. The van der Waals surface area contributed by atoms with Gasteiger partial charge < -0.3 is 9.84 Å². The average Bonchev–Trinajstić information content (AvgIpc) is 2.85. The summed E-state index contributed by atoms with van der Waals surface area (Å²) >= 11 is 10.1. The van der Waals surface area contributed by atoms with Crippen molar-refractivity contribution in [2.75, 3.05) is 7.11 Å². The number of aromatic hydroxyl groups is 1.